The fraction of sp³-hybridized carbons (Fsp3) is 0.875. The van der Waals surface area contributed by atoms with E-state index in [0.29, 0.717) is 5.75 Å². The molecular formula is C8H15ClO2S. The van der Waals surface area contributed by atoms with Gasteiger partial charge in [0.25, 0.3) is 0 Å². The van der Waals surface area contributed by atoms with Crippen LogP contribution in [0.1, 0.15) is 26.2 Å². The third-order valence-electron chi connectivity index (χ3n) is 1.42. The van der Waals surface area contributed by atoms with Crippen molar-refractivity contribution < 1.29 is 9.90 Å². The fourth-order valence-electron chi connectivity index (χ4n) is 0.712. The van der Waals surface area contributed by atoms with Crippen molar-refractivity contribution in [2.75, 3.05) is 11.5 Å². The average molecular weight is 211 g/mol. The molecule has 12 heavy (non-hydrogen) atoms. The van der Waals surface area contributed by atoms with Gasteiger partial charge in [0.15, 0.2) is 0 Å². The summed E-state index contributed by atoms with van der Waals surface area (Å²) in [5.41, 5.74) is 0. The van der Waals surface area contributed by atoms with Crippen molar-refractivity contribution in [1.82, 2.24) is 0 Å². The van der Waals surface area contributed by atoms with Crippen LogP contribution in [-0.4, -0.2) is 28.0 Å². The predicted octanol–water partition coefficient (Wildman–Crippen LogP) is 2.60. The summed E-state index contributed by atoms with van der Waals surface area (Å²) < 4.78 is 0. The Balaban J connectivity index is 3.14. The maximum atomic E-state index is 10.3. The first-order valence-corrected chi connectivity index (χ1v) is 5.72. The van der Waals surface area contributed by atoms with Crippen LogP contribution in [0.4, 0.5) is 0 Å². The molecule has 1 unspecified atom stereocenters. The van der Waals surface area contributed by atoms with Crippen molar-refractivity contribution in [2.24, 2.45) is 0 Å². The van der Waals surface area contributed by atoms with Crippen LogP contribution in [0, 0.1) is 0 Å². The van der Waals surface area contributed by atoms with Gasteiger partial charge in [0, 0.05) is 5.75 Å². The predicted molar refractivity (Wildman–Crippen MR) is 54.1 cm³/mol. The number of thioether (sulfide) groups is 1. The number of rotatable bonds is 7. The quantitative estimate of drug-likeness (QED) is 0.519. The molecule has 0 aromatic carbocycles. The van der Waals surface area contributed by atoms with Crippen LogP contribution >= 0.6 is 23.4 Å². The minimum absolute atomic E-state index is 0.514. The molecule has 0 aliphatic carbocycles. The smallest absolute Gasteiger partial charge is 0.322 e. The molecule has 0 aliphatic rings. The largest absolute Gasteiger partial charge is 0.480 e. The number of carbonyl (C=O) groups is 1. The van der Waals surface area contributed by atoms with Crippen molar-refractivity contribution in [3.05, 3.63) is 0 Å². The molecule has 1 N–H and O–H groups in total. The Morgan fingerprint density at radius 1 is 1.58 bits per heavy atom. The number of aliphatic carboxylic acids is 1. The number of alkyl halides is 1. The minimum atomic E-state index is -0.917. The lowest BCUT2D eigenvalue weighted by molar-refractivity contribution is -0.136. The van der Waals surface area contributed by atoms with E-state index in [0.717, 1.165) is 12.2 Å². The average Bonchev–Trinajstić information content (AvgIpc) is 2.03. The number of carboxylic acid groups (broad SMARTS) is 1. The molecular weight excluding hydrogens is 196 g/mol. The zero-order valence-electron chi connectivity index (χ0n) is 7.25. The standard InChI is InChI=1S/C8H15ClO2S/c1-2-3-4-5-12-6-7(9)8(10)11/h7H,2-6H2,1H3,(H,10,11). The Labute approximate surface area is 82.7 Å². The van der Waals surface area contributed by atoms with E-state index in [1.54, 1.807) is 11.8 Å². The lowest BCUT2D eigenvalue weighted by Crippen LogP contribution is -2.15. The highest BCUT2D eigenvalue weighted by atomic mass is 35.5. The van der Waals surface area contributed by atoms with Crippen LogP contribution in [-0.2, 0) is 4.79 Å². The Kier molecular flexibility index (Phi) is 7.81. The first-order chi connectivity index (χ1) is 5.68. The number of carboxylic acids is 1. The van der Waals surface area contributed by atoms with Gasteiger partial charge < -0.3 is 5.11 Å². The molecule has 0 aliphatic heterocycles. The van der Waals surface area contributed by atoms with E-state index < -0.39 is 11.3 Å². The number of hydrogen-bond acceptors (Lipinski definition) is 2. The van der Waals surface area contributed by atoms with E-state index >= 15 is 0 Å². The van der Waals surface area contributed by atoms with Gasteiger partial charge in [0.05, 0.1) is 0 Å². The summed E-state index contributed by atoms with van der Waals surface area (Å²) in [5.74, 6) is 0.616. The lowest BCUT2D eigenvalue weighted by atomic mass is 10.3. The molecule has 0 amide bonds. The second kappa shape index (κ2) is 7.74. The Morgan fingerprint density at radius 2 is 2.25 bits per heavy atom. The highest BCUT2D eigenvalue weighted by Gasteiger charge is 2.12. The van der Waals surface area contributed by atoms with Crippen LogP contribution in [0.2, 0.25) is 0 Å². The molecule has 0 rings (SSSR count). The monoisotopic (exact) mass is 210 g/mol. The normalized spacial score (nSPS) is 12.8. The summed E-state index contributed by atoms with van der Waals surface area (Å²) in [6, 6.07) is 0. The molecule has 2 nitrogen and oxygen atoms in total. The molecule has 0 spiro atoms. The molecule has 0 bridgehead atoms. The summed E-state index contributed by atoms with van der Waals surface area (Å²) in [7, 11) is 0. The maximum Gasteiger partial charge on any atom is 0.322 e. The Morgan fingerprint density at radius 3 is 2.75 bits per heavy atom. The summed E-state index contributed by atoms with van der Waals surface area (Å²) in [4.78, 5) is 10.3. The van der Waals surface area contributed by atoms with Crippen molar-refractivity contribution in [3.8, 4) is 0 Å². The van der Waals surface area contributed by atoms with Crippen molar-refractivity contribution in [2.45, 2.75) is 31.6 Å². The van der Waals surface area contributed by atoms with Gasteiger partial charge in [0.1, 0.15) is 5.38 Å². The first-order valence-electron chi connectivity index (χ1n) is 4.13. The molecule has 0 saturated heterocycles. The second-order valence-electron chi connectivity index (χ2n) is 2.59. The van der Waals surface area contributed by atoms with E-state index in [1.807, 2.05) is 0 Å². The van der Waals surface area contributed by atoms with Gasteiger partial charge in [-0.15, -0.1) is 11.6 Å². The molecule has 72 valence electrons. The van der Waals surface area contributed by atoms with Gasteiger partial charge in [-0.05, 0) is 12.2 Å². The lowest BCUT2D eigenvalue weighted by Gasteiger charge is -2.02. The molecule has 0 saturated carbocycles. The Hall–Kier alpha value is 0.110. The summed E-state index contributed by atoms with van der Waals surface area (Å²) in [6.07, 6.45) is 3.57. The van der Waals surface area contributed by atoms with Crippen molar-refractivity contribution in [1.29, 1.82) is 0 Å². The number of halogens is 1. The van der Waals surface area contributed by atoms with Crippen LogP contribution in [0.3, 0.4) is 0 Å². The fourth-order valence-corrected chi connectivity index (χ4v) is 1.90. The van der Waals surface area contributed by atoms with Crippen LogP contribution in [0.15, 0.2) is 0 Å². The zero-order valence-corrected chi connectivity index (χ0v) is 8.83. The van der Waals surface area contributed by atoms with E-state index in [4.69, 9.17) is 16.7 Å². The van der Waals surface area contributed by atoms with Gasteiger partial charge in [-0.2, -0.15) is 11.8 Å². The van der Waals surface area contributed by atoms with E-state index in [2.05, 4.69) is 6.92 Å². The van der Waals surface area contributed by atoms with Gasteiger partial charge in [-0.3, -0.25) is 4.79 Å². The van der Waals surface area contributed by atoms with E-state index in [1.165, 1.54) is 12.8 Å². The topological polar surface area (TPSA) is 37.3 Å². The third-order valence-corrected chi connectivity index (χ3v) is 3.09. The van der Waals surface area contributed by atoms with E-state index in [-0.39, 0.29) is 0 Å². The van der Waals surface area contributed by atoms with Crippen molar-refractivity contribution in [3.63, 3.8) is 0 Å². The highest BCUT2D eigenvalue weighted by molar-refractivity contribution is 7.99. The highest BCUT2D eigenvalue weighted by Crippen LogP contribution is 2.11. The molecule has 1 atom stereocenters. The zero-order chi connectivity index (χ0) is 9.40. The molecule has 0 aromatic heterocycles. The van der Waals surface area contributed by atoms with Gasteiger partial charge in [0.2, 0.25) is 0 Å². The van der Waals surface area contributed by atoms with Gasteiger partial charge >= 0.3 is 5.97 Å². The molecule has 4 heteroatoms. The molecule has 0 heterocycles. The van der Waals surface area contributed by atoms with Crippen molar-refractivity contribution >= 4 is 29.3 Å². The first kappa shape index (κ1) is 12.1. The summed E-state index contributed by atoms with van der Waals surface area (Å²) in [6.45, 7) is 2.15. The van der Waals surface area contributed by atoms with Gasteiger partial charge in [-0.1, -0.05) is 19.8 Å². The van der Waals surface area contributed by atoms with E-state index in [9.17, 15) is 4.79 Å². The van der Waals surface area contributed by atoms with Crippen LogP contribution in [0.25, 0.3) is 0 Å². The second-order valence-corrected chi connectivity index (χ2v) is 4.26. The minimum Gasteiger partial charge on any atom is -0.480 e. The van der Waals surface area contributed by atoms with Crippen LogP contribution < -0.4 is 0 Å². The maximum absolute atomic E-state index is 10.3. The number of unbranched alkanes of at least 4 members (excludes halogenated alkanes) is 2. The SMILES string of the molecule is CCCCCSCC(Cl)C(=O)O. The Bertz CT molecular complexity index is 130. The molecule has 0 radical (unpaired) electrons. The summed E-state index contributed by atoms with van der Waals surface area (Å²) in [5, 5.41) is 7.71. The van der Waals surface area contributed by atoms with Crippen LogP contribution in [0.5, 0.6) is 0 Å². The number of hydrogen-bond donors (Lipinski definition) is 1. The third kappa shape index (κ3) is 6.80. The van der Waals surface area contributed by atoms with Gasteiger partial charge in [-0.25, -0.2) is 0 Å². The molecule has 0 fully saturated rings. The molecule has 0 aromatic rings. The summed E-state index contributed by atoms with van der Waals surface area (Å²) >= 11 is 7.13.